The SMILES string of the molecule is CC/C=C\C/C=C\C/C=C\C/C=C\CCCCCCC(=O)NC(COC1OC(CO)C(O)C(O)C1O)C(O)/C=C/CCCCCCCCCCCCCCCCCCCCCCCCCCC. The molecule has 0 saturated carbocycles. The fourth-order valence-corrected chi connectivity index (χ4v) is 8.68. The summed E-state index contributed by atoms with van der Waals surface area (Å²) in [7, 11) is 0. The van der Waals surface area contributed by atoms with Crippen LogP contribution in [0.4, 0.5) is 0 Å². The van der Waals surface area contributed by atoms with Gasteiger partial charge in [0, 0.05) is 6.42 Å². The maximum atomic E-state index is 13.0. The summed E-state index contributed by atoms with van der Waals surface area (Å²) in [6, 6.07) is -0.821. The van der Waals surface area contributed by atoms with Crippen LogP contribution in [0.25, 0.3) is 0 Å². The van der Waals surface area contributed by atoms with Crippen molar-refractivity contribution >= 4 is 5.91 Å². The van der Waals surface area contributed by atoms with Crippen molar-refractivity contribution in [1.29, 1.82) is 0 Å². The van der Waals surface area contributed by atoms with E-state index in [2.05, 4.69) is 67.8 Å². The van der Waals surface area contributed by atoms with Gasteiger partial charge in [-0.05, 0) is 57.8 Å². The van der Waals surface area contributed by atoms with Crippen LogP contribution in [-0.2, 0) is 14.3 Å². The number of carbonyl (C=O) groups excluding carboxylic acids is 1. The second-order valence-corrected chi connectivity index (χ2v) is 19.4. The fraction of sp³-hybridized carbons (Fsp3) is 0.810. The van der Waals surface area contributed by atoms with Crippen molar-refractivity contribution in [2.45, 2.75) is 288 Å². The molecule has 9 nitrogen and oxygen atoms in total. The number of hydrogen-bond acceptors (Lipinski definition) is 8. The first-order valence-corrected chi connectivity index (χ1v) is 28.0. The molecule has 9 heteroatoms. The molecule has 0 bridgehead atoms. The Labute approximate surface area is 411 Å². The van der Waals surface area contributed by atoms with Crippen molar-refractivity contribution in [2.75, 3.05) is 13.2 Å². The molecule has 0 spiro atoms. The molecule has 1 aliphatic rings. The highest BCUT2D eigenvalue weighted by Gasteiger charge is 2.44. The molecule has 67 heavy (non-hydrogen) atoms. The summed E-state index contributed by atoms with van der Waals surface area (Å²) in [4.78, 5) is 13.0. The summed E-state index contributed by atoms with van der Waals surface area (Å²) >= 11 is 0. The molecule has 1 heterocycles. The van der Waals surface area contributed by atoms with Crippen LogP contribution in [0.15, 0.2) is 60.8 Å². The van der Waals surface area contributed by atoms with Gasteiger partial charge in [-0.2, -0.15) is 0 Å². The van der Waals surface area contributed by atoms with Gasteiger partial charge >= 0.3 is 0 Å². The molecule has 390 valence electrons. The van der Waals surface area contributed by atoms with Crippen LogP contribution in [0.5, 0.6) is 0 Å². The number of amides is 1. The second-order valence-electron chi connectivity index (χ2n) is 19.4. The molecular weight excluding hydrogens is 839 g/mol. The molecule has 1 rings (SSSR count). The Morgan fingerprint density at radius 3 is 1.37 bits per heavy atom. The third kappa shape index (κ3) is 37.4. The number of hydrogen-bond donors (Lipinski definition) is 6. The fourth-order valence-electron chi connectivity index (χ4n) is 8.68. The maximum Gasteiger partial charge on any atom is 0.220 e. The Bertz CT molecular complexity index is 1230. The van der Waals surface area contributed by atoms with Gasteiger partial charge in [0.05, 0.1) is 25.4 Å². The molecule has 0 aromatic carbocycles. The zero-order valence-electron chi connectivity index (χ0n) is 43.1. The standard InChI is InChI=1S/C58H105NO8/c1-3-5-7-9-11-13-15-17-19-21-22-23-24-25-26-27-28-29-30-32-33-35-37-39-41-43-45-47-52(61)51(50-66-58-57(65)56(64)55(63)53(49-60)67-58)59-54(62)48-46-44-42-40-38-36-34-31-20-18-16-14-12-10-8-6-4-2/h6,8,12,14,18,20,34,36,45,47,51-53,55-58,60-61,63-65H,3-5,7,9-11,13,15-17,19,21-33,35,37-44,46,48-50H2,1-2H3,(H,59,62)/b8-6-,14-12-,20-18-,36-34-,47-45+. The average molecular weight is 944 g/mol. The molecule has 7 unspecified atom stereocenters. The Morgan fingerprint density at radius 1 is 0.522 bits per heavy atom. The van der Waals surface area contributed by atoms with Crippen LogP contribution < -0.4 is 5.32 Å². The minimum Gasteiger partial charge on any atom is -0.394 e. The van der Waals surface area contributed by atoms with Crippen molar-refractivity contribution in [2.24, 2.45) is 0 Å². The van der Waals surface area contributed by atoms with Crippen molar-refractivity contribution < 1.29 is 39.8 Å². The van der Waals surface area contributed by atoms with Crippen molar-refractivity contribution in [3.8, 4) is 0 Å². The number of nitrogens with one attached hydrogen (secondary N) is 1. The number of carbonyl (C=O) groups is 1. The number of allylic oxidation sites excluding steroid dienone is 9. The van der Waals surface area contributed by atoms with E-state index in [0.29, 0.717) is 6.42 Å². The molecule has 0 aromatic heterocycles. The van der Waals surface area contributed by atoms with Gasteiger partial charge in [0.1, 0.15) is 24.4 Å². The summed E-state index contributed by atoms with van der Waals surface area (Å²) in [6.45, 7) is 3.66. The van der Waals surface area contributed by atoms with Crippen molar-refractivity contribution in [3.05, 3.63) is 60.8 Å². The lowest BCUT2D eigenvalue weighted by Gasteiger charge is -2.40. The van der Waals surface area contributed by atoms with E-state index < -0.39 is 49.5 Å². The van der Waals surface area contributed by atoms with Gasteiger partial charge in [-0.25, -0.2) is 0 Å². The molecule has 6 N–H and O–H groups in total. The van der Waals surface area contributed by atoms with Gasteiger partial charge in [-0.1, -0.05) is 242 Å². The van der Waals surface area contributed by atoms with Crippen molar-refractivity contribution in [1.82, 2.24) is 5.32 Å². The van der Waals surface area contributed by atoms with Gasteiger partial charge < -0.3 is 40.3 Å². The Kier molecular flexibility index (Phi) is 44.7. The van der Waals surface area contributed by atoms with Crippen molar-refractivity contribution in [3.63, 3.8) is 0 Å². The van der Waals surface area contributed by atoms with Crippen LogP contribution in [0.3, 0.4) is 0 Å². The molecular formula is C58H105NO8. The van der Waals surface area contributed by atoms with Gasteiger partial charge in [-0.15, -0.1) is 0 Å². The second kappa shape index (κ2) is 47.6. The zero-order chi connectivity index (χ0) is 48.7. The predicted octanol–water partition coefficient (Wildman–Crippen LogP) is 13.5. The summed E-state index contributed by atoms with van der Waals surface area (Å²) in [5.41, 5.74) is 0. The van der Waals surface area contributed by atoms with Gasteiger partial charge in [0.15, 0.2) is 6.29 Å². The molecule has 7 atom stereocenters. The minimum absolute atomic E-state index is 0.200. The van der Waals surface area contributed by atoms with E-state index in [9.17, 15) is 30.3 Å². The monoisotopic (exact) mass is 944 g/mol. The number of ether oxygens (including phenoxy) is 2. The highest BCUT2D eigenvalue weighted by atomic mass is 16.7. The first-order chi connectivity index (χ1) is 32.8. The lowest BCUT2D eigenvalue weighted by Crippen LogP contribution is -2.60. The quantitative estimate of drug-likeness (QED) is 0.0261. The van der Waals surface area contributed by atoms with E-state index in [4.69, 9.17) is 9.47 Å². The van der Waals surface area contributed by atoms with Gasteiger partial charge in [-0.3, -0.25) is 4.79 Å². The maximum absolute atomic E-state index is 13.0. The summed E-state index contributed by atoms with van der Waals surface area (Å²) in [5, 5.41) is 54.4. The molecule has 0 aliphatic carbocycles. The van der Waals surface area contributed by atoms with Crippen LogP contribution in [0, 0.1) is 0 Å². The third-order valence-corrected chi connectivity index (χ3v) is 13.1. The van der Waals surface area contributed by atoms with E-state index in [1.165, 1.54) is 148 Å². The largest absolute Gasteiger partial charge is 0.394 e. The number of aliphatic hydroxyl groups excluding tert-OH is 5. The van der Waals surface area contributed by atoms with E-state index in [-0.39, 0.29) is 12.5 Å². The number of rotatable bonds is 47. The predicted molar refractivity (Wildman–Crippen MR) is 281 cm³/mol. The van der Waals surface area contributed by atoms with E-state index in [0.717, 1.165) is 77.0 Å². The Morgan fingerprint density at radius 2 is 0.925 bits per heavy atom. The van der Waals surface area contributed by atoms with Crippen LogP contribution >= 0.6 is 0 Å². The van der Waals surface area contributed by atoms with Crippen LogP contribution in [-0.4, -0.2) is 87.5 Å². The molecule has 1 amide bonds. The molecule has 0 radical (unpaired) electrons. The highest BCUT2D eigenvalue weighted by Crippen LogP contribution is 2.23. The number of unbranched alkanes of at least 4 members (excludes halogenated alkanes) is 29. The van der Waals surface area contributed by atoms with Gasteiger partial charge in [0.25, 0.3) is 0 Å². The molecule has 0 aromatic rings. The highest BCUT2D eigenvalue weighted by molar-refractivity contribution is 5.76. The van der Waals surface area contributed by atoms with E-state index in [1.807, 2.05) is 6.08 Å². The molecule has 1 aliphatic heterocycles. The third-order valence-electron chi connectivity index (χ3n) is 13.1. The van der Waals surface area contributed by atoms with Crippen LogP contribution in [0.2, 0.25) is 0 Å². The van der Waals surface area contributed by atoms with Crippen LogP contribution in [0.1, 0.15) is 245 Å². The number of aliphatic hydroxyl groups is 5. The topological polar surface area (TPSA) is 149 Å². The van der Waals surface area contributed by atoms with E-state index in [1.54, 1.807) is 6.08 Å². The summed E-state index contributed by atoms with van der Waals surface area (Å²) in [6.07, 6.45) is 57.2. The summed E-state index contributed by atoms with van der Waals surface area (Å²) < 4.78 is 11.2. The Balaban J connectivity index is 2.24. The van der Waals surface area contributed by atoms with E-state index >= 15 is 0 Å². The first kappa shape index (κ1) is 62.9. The lowest BCUT2D eigenvalue weighted by atomic mass is 9.99. The Hall–Kier alpha value is -2.11. The molecule has 1 saturated heterocycles. The minimum atomic E-state index is -1.57. The lowest BCUT2D eigenvalue weighted by molar-refractivity contribution is -0.302. The molecule has 1 fully saturated rings. The zero-order valence-corrected chi connectivity index (χ0v) is 43.1. The summed E-state index contributed by atoms with van der Waals surface area (Å²) in [5.74, 6) is -0.200. The average Bonchev–Trinajstić information content (AvgIpc) is 3.33. The first-order valence-electron chi connectivity index (χ1n) is 28.0. The van der Waals surface area contributed by atoms with Gasteiger partial charge in [0.2, 0.25) is 5.91 Å². The normalized spacial score (nSPS) is 20.1. The smallest absolute Gasteiger partial charge is 0.220 e.